The van der Waals surface area contributed by atoms with Crippen molar-refractivity contribution in [3.8, 4) is 0 Å². The summed E-state index contributed by atoms with van der Waals surface area (Å²) in [5.41, 5.74) is 0.978. The number of hydrogen-bond acceptors (Lipinski definition) is 2. The highest BCUT2D eigenvalue weighted by atomic mass is 19.1. The zero-order valence-corrected chi connectivity index (χ0v) is 10.0. The van der Waals surface area contributed by atoms with Crippen LogP contribution in [0.5, 0.6) is 0 Å². The van der Waals surface area contributed by atoms with Crippen LogP contribution in [0, 0.1) is 22.9 Å². The maximum Gasteiger partial charge on any atom is 0.305 e. The fourth-order valence-corrected chi connectivity index (χ4v) is 1.73. The van der Waals surface area contributed by atoms with Crippen molar-refractivity contribution in [1.29, 1.82) is 0 Å². The minimum Gasteiger partial charge on any atom is -0.258 e. The lowest BCUT2D eigenvalue weighted by atomic mass is 9.80. The molecule has 0 fully saturated rings. The Morgan fingerprint density at radius 2 is 2.00 bits per heavy atom. The third-order valence-corrected chi connectivity index (χ3v) is 3.10. The molecule has 16 heavy (non-hydrogen) atoms. The summed E-state index contributed by atoms with van der Waals surface area (Å²) in [5, 5.41) is 10.6. The van der Waals surface area contributed by atoms with Crippen LogP contribution in [0.4, 0.5) is 10.1 Å². The molecule has 4 heteroatoms. The van der Waals surface area contributed by atoms with E-state index in [1.807, 2.05) is 20.8 Å². The summed E-state index contributed by atoms with van der Waals surface area (Å²) < 4.78 is 13.5. The minimum atomic E-state index is -0.757. The van der Waals surface area contributed by atoms with E-state index >= 15 is 0 Å². The fourth-order valence-electron chi connectivity index (χ4n) is 1.73. The van der Waals surface area contributed by atoms with Gasteiger partial charge in [-0.05, 0) is 36.0 Å². The second-order valence-electron chi connectivity index (χ2n) is 4.61. The first-order valence-electron chi connectivity index (χ1n) is 5.24. The van der Waals surface area contributed by atoms with E-state index < -0.39 is 16.4 Å². The molecule has 0 aliphatic carbocycles. The lowest BCUT2D eigenvalue weighted by molar-refractivity contribution is -0.387. The molecule has 0 N–H and O–H groups in total. The van der Waals surface area contributed by atoms with Crippen molar-refractivity contribution < 1.29 is 9.31 Å². The van der Waals surface area contributed by atoms with Crippen LogP contribution >= 0.6 is 0 Å². The van der Waals surface area contributed by atoms with Crippen LogP contribution < -0.4 is 0 Å². The van der Waals surface area contributed by atoms with Crippen LogP contribution in [0.15, 0.2) is 12.1 Å². The number of nitro benzene ring substituents is 1. The van der Waals surface area contributed by atoms with E-state index in [1.54, 1.807) is 6.92 Å². The third-order valence-electron chi connectivity index (χ3n) is 3.10. The fraction of sp³-hybridized carbons (Fsp3) is 0.500. The molecule has 0 saturated carbocycles. The summed E-state index contributed by atoms with van der Waals surface area (Å²) in [5.74, 6) is -0.757. The standard InChI is InChI=1S/C12H16FNO2/c1-5-12(3,4)9-7-10(13)11(14(15)16)6-8(9)2/h6-7H,5H2,1-4H3. The van der Waals surface area contributed by atoms with Gasteiger partial charge in [0.1, 0.15) is 0 Å². The maximum atomic E-state index is 13.5. The summed E-state index contributed by atoms with van der Waals surface area (Å²) in [6.45, 7) is 7.79. The van der Waals surface area contributed by atoms with Crippen molar-refractivity contribution in [3.05, 3.63) is 39.2 Å². The van der Waals surface area contributed by atoms with E-state index in [2.05, 4.69) is 0 Å². The normalized spacial score (nSPS) is 11.6. The highest BCUT2D eigenvalue weighted by molar-refractivity contribution is 5.43. The predicted molar refractivity (Wildman–Crippen MR) is 61.1 cm³/mol. The molecule has 0 aliphatic heterocycles. The van der Waals surface area contributed by atoms with E-state index in [9.17, 15) is 14.5 Å². The lowest BCUT2D eigenvalue weighted by Crippen LogP contribution is -2.17. The monoisotopic (exact) mass is 225 g/mol. The molecule has 1 aromatic carbocycles. The van der Waals surface area contributed by atoms with Gasteiger partial charge in [0.15, 0.2) is 0 Å². The van der Waals surface area contributed by atoms with Gasteiger partial charge in [0.05, 0.1) is 4.92 Å². The Morgan fingerprint density at radius 1 is 1.44 bits per heavy atom. The van der Waals surface area contributed by atoms with Crippen LogP contribution in [0.3, 0.4) is 0 Å². The van der Waals surface area contributed by atoms with Gasteiger partial charge in [0.2, 0.25) is 5.82 Å². The van der Waals surface area contributed by atoms with Crippen molar-refractivity contribution in [2.24, 2.45) is 0 Å². The molecule has 0 aromatic heterocycles. The average Bonchev–Trinajstić information content (AvgIpc) is 2.20. The third kappa shape index (κ3) is 2.21. The van der Waals surface area contributed by atoms with Gasteiger partial charge in [-0.1, -0.05) is 20.8 Å². The molecule has 0 atom stereocenters. The summed E-state index contributed by atoms with van der Waals surface area (Å²) in [6.07, 6.45) is 0.852. The Balaban J connectivity index is 3.37. The van der Waals surface area contributed by atoms with Gasteiger partial charge in [0, 0.05) is 6.07 Å². The molecule has 0 unspecified atom stereocenters. The predicted octanol–water partition coefficient (Wildman–Crippen LogP) is 3.73. The molecular formula is C12H16FNO2. The topological polar surface area (TPSA) is 43.1 Å². The molecule has 0 amide bonds. The number of aryl methyl sites for hydroxylation is 1. The Bertz CT molecular complexity index is 427. The van der Waals surface area contributed by atoms with Gasteiger partial charge in [-0.25, -0.2) is 0 Å². The molecule has 0 spiro atoms. The van der Waals surface area contributed by atoms with Crippen molar-refractivity contribution in [3.63, 3.8) is 0 Å². The summed E-state index contributed by atoms with van der Waals surface area (Å²) in [7, 11) is 0. The largest absolute Gasteiger partial charge is 0.305 e. The molecule has 1 aromatic rings. The summed E-state index contributed by atoms with van der Waals surface area (Å²) in [6, 6.07) is 2.60. The van der Waals surface area contributed by atoms with Crippen LogP contribution in [-0.4, -0.2) is 4.92 Å². The SMILES string of the molecule is CCC(C)(C)c1cc(F)c([N+](=O)[O-])cc1C. The van der Waals surface area contributed by atoms with Gasteiger partial charge in [0.25, 0.3) is 0 Å². The van der Waals surface area contributed by atoms with E-state index in [0.29, 0.717) is 0 Å². The van der Waals surface area contributed by atoms with E-state index in [-0.39, 0.29) is 5.41 Å². The number of hydrogen-bond donors (Lipinski definition) is 0. The molecule has 0 aliphatic rings. The second-order valence-corrected chi connectivity index (χ2v) is 4.61. The number of halogens is 1. The van der Waals surface area contributed by atoms with Crippen LogP contribution in [0.2, 0.25) is 0 Å². The van der Waals surface area contributed by atoms with Gasteiger partial charge >= 0.3 is 5.69 Å². The number of benzene rings is 1. The first kappa shape index (κ1) is 12.6. The van der Waals surface area contributed by atoms with Crippen molar-refractivity contribution in [2.75, 3.05) is 0 Å². The molecule has 0 bridgehead atoms. The van der Waals surface area contributed by atoms with Gasteiger partial charge in [-0.15, -0.1) is 0 Å². The van der Waals surface area contributed by atoms with Crippen LogP contribution in [0.1, 0.15) is 38.3 Å². The first-order valence-corrected chi connectivity index (χ1v) is 5.24. The molecular weight excluding hydrogens is 209 g/mol. The highest BCUT2D eigenvalue weighted by Gasteiger charge is 2.24. The van der Waals surface area contributed by atoms with Crippen LogP contribution in [-0.2, 0) is 5.41 Å². The molecule has 0 radical (unpaired) electrons. The van der Waals surface area contributed by atoms with E-state index in [4.69, 9.17) is 0 Å². The lowest BCUT2D eigenvalue weighted by Gasteiger charge is -2.25. The quantitative estimate of drug-likeness (QED) is 0.581. The van der Waals surface area contributed by atoms with E-state index in [1.165, 1.54) is 12.1 Å². The zero-order chi connectivity index (χ0) is 12.5. The molecule has 1 rings (SSSR count). The van der Waals surface area contributed by atoms with Gasteiger partial charge in [-0.2, -0.15) is 4.39 Å². The Labute approximate surface area is 94.4 Å². The smallest absolute Gasteiger partial charge is 0.258 e. The maximum absolute atomic E-state index is 13.5. The summed E-state index contributed by atoms with van der Waals surface area (Å²) >= 11 is 0. The molecule has 0 heterocycles. The second kappa shape index (κ2) is 4.20. The van der Waals surface area contributed by atoms with Gasteiger partial charge in [-0.3, -0.25) is 10.1 Å². The number of nitrogens with zero attached hydrogens (tertiary/aromatic N) is 1. The van der Waals surface area contributed by atoms with Crippen molar-refractivity contribution >= 4 is 5.69 Å². The molecule has 3 nitrogen and oxygen atoms in total. The first-order chi connectivity index (χ1) is 7.29. The zero-order valence-electron chi connectivity index (χ0n) is 10.0. The number of nitro groups is 1. The minimum absolute atomic E-state index is 0.167. The van der Waals surface area contributed by atoms with Crippen LogP contribution in [0.25, 0.3) is 0 Å². The van der Waals surface area contributed by atoms with Crippen molar-refractivity contribution in [1.82, 2.24) is 0 Å². The number of rotatable bonds is 3. The van der Waals surface area contributed by atoms with E-state index in [0.717, 1.165) is 17.5 Å². The van der Waals surface area contributed by atoms with Crippen molar-refractivity contribution in [2.45, 2.75) is 39.5 Å². The van der Waals surface area contributed by atoms with Gasteiger partial charge < -0.3 is 0 Å². The average molecular weight is 225 g/mol. The molecule has 88 valence electrons. The summed E-state index contributed by atoms with van der Waals surface area (Å²) in [4.78, 5) is 9.88. The Kier molecular flexibility index (Phi) is 3.31. The highest BCUT2D eigenvalue weighted by Crippen LogP contribution is 2.32. The Hall–Kier alpha value is -1.45. The Morgan fingerprint density at radius 3 is 2.44 bits per heavy atom. The molecule has 0 saturated heterocycles.